The zero-order valence-electron chi connectivity index (χ0n) is 11.7. The predicted molar refractivity (Wildman–Crippen MR) is 73.1 cm³/mol. The Balaban J connectivity index is 3.82. The molecular weight excluding hydrogens is 248 g/mol. The molecule has 8 N–H and O–H groups in total. The molecule has 19 heavy (non-hydrogen) atoms. The maximum absolute atomic E-state index is 10.8. The lowest BCUT2D eigenvalue weighted by Crippen LogP contribution is -2.44. The number of hydrogen-bond acceptors (Lipinski definition) is 4. The summed E-state index contributed by atoms with van der Waals surface area (Å²) in [6.07, 6.45) is 2.63. The van der Waals surface area contributed by atoms with Gasteiger partial charge < -0.3 is 11.5 Å². The smallest absolute Gasteiger partial charge is 0.328 e. The van der Waals surface area contributed by atoms with Gasteiger partial charge in [0.25, 0.3) is 0 Å². The van der Waals surface area contributed by atoms with Gasteiger partial charge in [-0.3, -0.25) is 10.0 Å². The van der Waals surface area contributed by atoms with E-state index in [-0.39, 0.29) is 5.92 Å². The van der Waals surface area contributed by atoms with E-state index in [1.54, 1.807) is 0 Å². The van der Waals surface area contributed by atoms with Crippen LogP contribution in [0.4, 0.5) is 9.59 Å². The Labute approximate surface area is 114 Å². The molecular formula is C11H26N6O2. The minimum Gasteiger partial charge on any atom is -0.350 e. The zero-order chi connectivity index (χ0) is 15.0. The van der Waals surface area contributed by atoms with Gasteiger partial charge in [0, 0.05) is 13.1 Å². The summed E-state index contributed by atoms with van der Waals surface area (Å²) in [5, 5.41) is 2.02. The van der Waals surface area contributed by atoms with Crippen molar-refractivity contribution >= 4 is 12.1 Å². The quantitative estimate of drug-likeness (QED) is 0.279. The maximum Gasteiger partial charge on any atom is 0.328 e. The largest absolute Gasteiger partial charge is 0.350 e. The molecule has 0 spiro atoms. The number of primary amides is 2. The molecule has 2 unspecified atom stereocenters. The van der Waals surface area contributed by atoms with E-state index < -0.39 is 12.1 Å². The van der Waals surface area contributed by atoms with E-state index in [0.29, 0.717) is 19.0 Å². The number of nitrogens with two attached hydrogens (primary N) is 4. The molecule has 0 saturated carbocycles. The molecule has 2 atom stereocenters. The van der Waals surface area contributed by atoms with Crippen LogP contribution in [0.1, 0.15) is 33.1 Å². The first-order chi connectivity index (χ1) is 8.73. The van der Waals surface area contributed by atoms with Crippen LogP contribution in [-0.4, -0.2) is 35.2 Å². The fraction of sp³-hybridized carbons (Fsp3) is 0.818. The van der Waals surface area contributed by atoms with E-state index in [1.165, 1.54) is 0 Å². The number of carbonyl (C=O) groups is 2. The normalized spacial score (nSPS) is 13.7. The first-order valence-electron chi connectivity index (χ1n) is 6.37. The molecule has 4 amide bonds. The molecule has 0 fully saturated rings. The number of rotatable bonds is 8. The summed E-state index contributed by atoms with van der Waals surface area (Å²) in [7, 11) is 0. The van der Waals surface area contributed by atoms with Gasteiger partial charge in [0.05, 0.1) is 0 Å². The van der Waals surface area contributed by atoms with Gasteiger partial charge in [0.1, 0.15) is 0 Å². The highest BCUT2D eigenvalue weighted by atomic mass is 16.2. The minimum atomic E-state index is -0.625. The van der Waals surface area contributed by atoms with Crippen LogP contribution in [0.5, 0.6) is 0 Å². The lowest BCUT2D eigenvalue weighted by atomic mass is 9.93. The number of nitrogens with zero attached hydrogens (tertiary/aromatic N) is 2. The van der Waals surface area contributed by atoms with E-state index >= 15 is 0 Å². The third-order valence-corrected chi connectivity index (χ3v) is 2.98. The summed E-state index contributed by atoms with van der Waals surface area (Å²) in [6, 6.07) is -1.25. The Hall–Kier alpha value is -1.54. The first-order valence-corrected chi connectivity index (χ1v) is 6.37. The molecule has 0 radical (unpaired) electrons. The van der Waals surface area contributed by atoms with Crippen LogP contribution in [0, 0.1) is 11.8 Å². The number of hydrogen-bond donors (Lipinski definition) is 4. The van der Waals surface area contributed by atoms with Crippen LogP contribution >= 0.6 is 0 Å². The van der Waals surface area contributed by atoms with Gasteiger partial charge in [-0.2, -0.15) is 0 Å². The van der Waals surface area contributed by atoms with Gasteiger partial charge in [-0.15, -0.1) is 0 Å². The second kappa shape index (κ2) is 8.54. The Morgan fingerprint density at radius 1 is 1.00 bits per heavy atom. The number of amides is 4. The molecule has 0 aliphatic rings. The lowest BCUT2D eigenvalue weighted by Gasteiger charge is -2.22. The molecule has 0 rings (SSSR count). The minimum absolute atomic E-state index is 0.262. The van der Waals surface area contributed by atoms with Gasteiger partial charge in [-0.1, -0.05) is 13.8 Å². The van der Waals surface area contributed by atoms with Gasteiger partial charge in [0.2, 0.25) is 0 Å². The average molecular weight is 274 g/mol. The van der Waals surface area contributed by atoms with Crippen LogP contribution in [-0.2, 0) is 0 Å². The van der Waals surface area contributed by atoms with Gasteiger partial charge in [0.15, 0.2) is 0 Å². The molecule has 0 aliphatic heterocycles. The van der Waals surface area contributed by atoms with E-state index in [1.807, 2.05) is 6.92 Å². The van der Waals surface area contributed by atoms with Crippen molar-refractivity contribution in [3.63, 3.8) is 0 Å². The summed E-state index contributed by atoms with van der Waals surface area (Å²) in [5.41, 5.74) is 10.1. The van der Waals surface area contributed by atoms with Crippen LogP contribution < -0.4 is 23.2 Å². The average Bonchev–Trinajstić information content (AvgIpc) is 2.27. The van der Waals surface area contributed by atoms with Crippen LogP contribution in [0.25, 0.3) is 0 Å². The molecule has 0 aromatic carbocycles. The van der Waals surface area contributed by atoms with Crippen molar-refractivity contribution in [2.45, 2.75) is 33.1 Å². The van der Waals surface area contributed by atoms with E-state index in [2.05, 4.69) is 6.92 Å². The van der Waals surface area contributed by atoms with Crippen molar-refractivity contribution in [3.05, 3.63) is 0 Å². The Bertz CT molecular complexity index is 299. The van der Waals surface area contributed by atoms with Crippen LogP contribution in [0.15, 0.2) is 0 Å². The van der Waals surface area contributed by atoms with Crippen molar-refractivity contribution in [1.82, 2.24) is 10.0 Å². The first kappa shape index (κ1) is 17.5. The van der Waals surface area contributed by atoms with Crippen molar-refractivity contribution in [1.29, 1.82) is 0 Å². The fourth-order valence-corrected chi connectivity index (χ4v) is 2.03. The SMILES string of the molecule is CC(CCCN(N)C(N)=O)CC(C)CN(N)C(N)=O. The maximum atomic E-state index is 10.8. The predicted octanol–water partition coefficient (Wildman–Crippen LogP) is -0.0623. The van der Waals surface area contributed by atoms with Gasteiger partial charge in [-0.25, -0.2) is 21.3 Å². The molecule has 0 aromatic heterocycles. The Kier molecular flexibility index (Phi) is 7.85. The topological polar surface area (TPSA) is 145 Å². The van der Waals surface area contributed by atoms with Crippen molar-refractivity contribution in [3.8, 4) is 0 Å². The number of urea groups is 2. The van der Waals surface area contributed by atoms with Gasteiger partial charge in [-0.05, 0) is 31.1 Å². The summed E-state index contributed by atoms with van der Waals surface area (Å²) < 4.78 is 0. The molecule has 8 nitrogen and oxygen atoms in total. The van der Waals surface area contributed by atoms with Gasteiger partial charge >= 0.3 is 12.1 Å². The summed E-state index contributed by atoms with van der Waals surface area (Å²) >= 11 is 0. The molecule has 0 heterocycles. The highest BCUT2D eigenvalue weighted by molar-refractivity contribution is 5.71. The number of hydrazine groups is 2. The van der Waals surface area contributed by atoms with Crippen LogP contribution in [0.2, 0.25) is 0 Å². The second-order valence-electron chi connectivity index (χ2n) is 5.11. The van der Waals surface area contributed by atoms with Crippen LogP contribution in [0.3, 0.4) is 0 Å². The third kappa shape index (κ3) is 8.22. The molecule has 0 bridgehead atoms. The molecule has 112 valence electrons. The molecule has 8 heteroatoms. The van der Waals surface area contributed by atoms with Crippen molar-refractivity contribution < 1.29 is 9.59 Å². The zero-order valence-corrected chi connectivity index (χ0v) is 11.7. The summed E-state index contributed by atoms with van der Waals surface area (Å²) in [4.78, 5) is 21.5. The Morgan fingerprint density at radius 3 is 2.00 bits per heavy atom. The van der Waals surface area contributed by atoms with E-state index in [0.717, 1.165) is 29.3 Å². The summed E-state index contributed by atoms with van der Waals surface area (Å²) in [5.74, 6) is 11.5. The highest BCUT2D eigenvalue weighted by Crippen LogP contribution is 2.17. The molecule has 0 aromatic rings. The van der Waals surface area contributed by atoms with E-state index in [9.17, 15) is 9.59 Å². The lowest BCUT2D eigenvalue weighted by molar-refractivity contribution is 0.193. The van der Waals surface area contributed by atoms with Crippen molar-refractivity contribution in [2.24, 2.45) is 35.0 Å². The monoisotopic (exact) mass is 274 g/mol. The summed E-state index contributed by atoms with van der Waals surface area (Å²) in [6.45, 7) is 4.99. The third-order valence-electron chi connectivity index (χ3n) is 2.98. The molecule has 0 saturated heterocycles. The fourth-order valence-electron chi connectivity index (χ4n) is 2.03. The molecule has 0 aliphatic carbocycles. The standard InChI is InChI=1S/C11H26N6O2/c1-8(4-3-5-16(14)10(12)18)6-9(2)7-17(15)11(13)19/h8-9H,3-7,14-15H2,1-2H3,(H2,12,18)(H2,13,19). The number of carbonyl (C=O) groups excluding carboxylic acids is 2. The highest BCUT2D eigenvalue weighted by Gasteiger charge is 2.14. The van der Waals surface area contributed by atoms with Crippen molar-refractivity contribution in [2.75, 3.05) is 13.1 Å². The van der Waals surface area contributed by atoms with E-state index in [4.69, 9.17) is 23.2 Å². The second-order valence-corrected chi connectivity index (χ2v) is 5.11. The Morgan fingerprint density at radius 2 is 1.53 bits per heavy atom.